The number of methoxy groups -OCH3 is 1. The maximum Gasteiger partial charge on any atom is 0.123 e. The third-order valence-corrected chi connectivity index (χ3v) is 6.17. The van der Waals surface area contributed by atoms with Crippen molar-refractivity contribution in [3.63, 3.8) is 0 Å². The van der Waals surface area contributed by atoms with Gasteiger partial charge in [-0.15, -0.1) is 12.4 Å². The summed E-state index contributed by atoms with van der Waals surface area (Å²) in [6.07, 6.45) is 3.21. The molecule has 0 N–H and O–H groups in total. The number of benzene rings is 2. The second-order valence-electron chi connectivity index (χ2n) is 7.33. The molecular formula is C22H27ClFNO. The van der Waals surface area contributed by atoms with Crippen LogP contribution in [0.4, 0.5) is 4.39 Å². The van der Waals surface area contributed by atoms with E-state index in [4.69, 9.17) is 4.74 Å². The molecule has 3 atom stereocenters. The molecule has 0 aromatic heterocycles. The fourth-order valence-electron chi connectivity index (χ4n) is 5.03. The molecule has 0 amide bonds. The Labute approximate surface area is 161 Å². The molecule has 2 aromatic carbocycles. The Kier molecular flexibility index (Phi) is 5.89. The molecule has 140 valence electrons. The predicted octanol–water partition coefficient (Wildman–Crippen LogP) is 4.85. The fraction of sp³-hybridized carbons (Fsp3) is 0.455. The van der Waals surface area contributed by atoms with Crippen LogP contribution in [0.15, 0.2) is 42.5 Å². The molecule has 3 unspecified atom stereocenters. The van der Waals surface area contributed by atoms with Crippen LogP contribution in [-0.2, 0) is 12.8 Å². The predicted molar refractivity (Wildman–Crippen MR) is 106 cm³/mol. The van der Waals surface area contributed by atoms with E-state index in [1.165, 1.54) is 23.6 Å². The van der Waals surface area contributed by atoms with E-state index in [1.807, 2.05) is 6.07 Å². The lowest BCUT2D eigenvalue weighted by atomic mass is 9.73. The number of rotatable bonds is 4. The average molecular weight is 376 g/mol. The van der Waals surface area contributed by atoms with E-state index < -0.39 is 0 Å². The van der Waals surface area contributed by atoms with Gasteiger partial charge in [-0.2, -0.15) is 0 Å². The van der Waals surface area contributed by atoms with Crippen LogP contribution in [0.2, 0.25) is 0 Å². The van der Waals surface area contributed by atoms with Crippen molar-refractivity contribution in [1.29, 1.82) is 0 Å². The highest BCUT2D eigenvalue weighted by atomic mass is 35.5. The Bertz CT molecular complexity index is 766. The van der Waals surface area contributed by atoms with Gasteiger partial charge in [-0.05, 0) is 66.6 Å². The van der Waals surface area contributed by atoms with Gasteiger partial charge >= 0.3 is 0 Å². The van der Waals surface area contributed by atoms with Gasteiger partial charge in [0.05, 0.1) is 7.11 Å². The summed E-state index contributed by atoms with van der Waals surface area (Å²) < 4.78 is 19.2. The van der Waals surface area contributed by atoms with E-state index >= 15 is 0 Å². The molecular weight excluding hydrogens is 349 g/mol. The molecule has 2 nitrogen and oxygen atoms in total. The van der Waals surface area contributed by atoms with Gasteiger partial charge in [0.15, 0.2) is 0 Å². The van der Waals surface area contributed by atoms with E-state index in [-0.39, 0.29) is 18.2 Å². The minimum Gasteiger partial charge on any atom is -0.496 e. The summed E-state index contributed by atoms with van der Waals surface area (Å²) in [5.74, 6) is 2.11. The van der Waals surface area contributed by atoms with Crippen molar-refractivity contribution in [2.24, 2.45) is 5.92 Å². The first-order valence-corrected chi connectivity index (χ1v) is 9.35. The monoisotopic (exact) mass is 375 g/mol. The smallest absolute Gasteiger partial charge is 0.123 e. The second kappa shape index (κ2) is 7.98. The SMILES string of the molecule is CCN1CC2c3cccc(OC)c3CCC2C1Cc1cccc(F)c1.Cl. The zero-order valence-electron chi connectivity index (χ0n) is 15.5. The number of fused-ring (bicyclic) bond motifs is 3. The third-order valence-electron chi connectivity index (χ3n) is 6.17. The van der Waals surface area contributed by atoms with Crippen molar-refractivity contribution >= 4 is 12.4 Å². The molecule has 0 spiro atoms. The first-order chi connectivity index (χ1) is 12.2. The molecule has 2 aliphatic rings. The van der Waals surface area contributed by atoms with Crippen LogP contribution >= 0.6 is 12.4 Å². The van der Waals surface area contributed by atoms with Gasteiger partial charge in [-0.1, -0.05) is 31.2 Å². The first-order valence-electron chi connectivity index (χ1n) is 9.35. The largest absolute Gasteiger partial charge is 0.496 e. The molecule has 1 heterocycles. The van der Waals surface area contributed by atoms with Crippen LogP contribution in [0.5, 0.6) is 5.75 Å². The second-order valence-corrected chi connectivity index (χ2v) is 7.33. The van der Waals surface area contributed by atoms with Crippen molar-refractivity contribution < 1.29 is 9.13 Å². The van der Waals surface area contributed by atoms with Crippen molar-refractivity contribution in [3.05, 3.63) is 65.0 Å². The quantitative estimate of drug-likeness (QED) is 0.757. The van der Waals surface area contributed by atoms with Gasteiger partial charge in [0.2, 0.25) is 0 Å². The molecule has 0 radical (unpaired) electrons. The van der Waals surface area contributed by atoms with E-state index in [0.717, 1.165) is 37.2 Å². The summed E-state index contributed by atoms with van der Waals surface area (Å²) in [4.78, 5) is 2.59. The molecule has 1 saturated heterocycles. The van der Waals surface area contributed by atoms with Gasteiger partial charge < -0.3 is 4.74 Å². The maximum atomic E-state index is 13.6. The lowest BCUT2D eigenvalue weighted by Gasteiger charge is -2.32. The van der Waals surface area contributed by atoms with Gasteiger partial charge in [0, 0.05) is 18.5 Å². The molecule has 26 heavy (non-hydrogen) atoms. The summed E-state index contributed by atoms with van der Waals surface area (Å²) in [5, 5.41) is 0. The number of likely N-dealkylation sites (tertiary alicyclic amines) is 1. The van der Waals surface area contributed by atoms with Crippen LogP contribution in [0.1, 0.15) is 36.0 Å². The van der Waals surface area contributed by atoms with Gasteiger partial charge in [0.25, 0.3) is 0 Å². The number of halogens is 2. The number of hydrogen-bond donors (Lipinski definition) is 0. The van der Waals surface area contributed by atoms with Crippen molar-refractivity contribution in [2.45, 2.75) is 38.1 Å². The molecule has 1 fully saturated rings. The third kappa shape index (κ3) is 3.35. The minimum absolute atomic E-state index is 0. The van der Waals surface area contributed by atoms with E-state index in [9.17, 15) is 4.39 Å². The average Bonchev–Trinajstić information content (AvgIpc) is 2.99. The number of hydrogen-bond acceptors (Lipinski definition) is 2. The highest BCUT2D eigenvalue weighted by molar-refractivity contribution is 5.85. The van der Waals surface area contributed by atoms with Crippen molar-refractivity contribution in [1.82, 2.24) is 4.90 Å². The fourth-order valence-corrected chi connectivity index (χ4v) is 5.03. The Morgan fingerprint density at radius 3 is 2.73 bits per heavy atom. The highest BCUT2D eigenvalue weighted by Crippen LogP contribution is 2.47. The topological polar surface area (TPSA) is 12.5 Å². The minimum atomic E-state index is -0.131. The molecule has 4 heteroatoms. The van der Waals surface area contributed by atoms with Crippen LogP contribution in [-0.4, -0.2) is 31.1 Å². The summed E-state index contributed by atoms with van der Waals surface area (Å²) in [6, 6.07) is 14.1. The molecule has 1 aliphatic carbocycles. The van der Waals surface area contributed by atoms with Crippen molar-refractivity contribution in [2.75, 3.05) is 20.2 Å². The molecule has 0 saturated carbocycles. The Morgan fingerprint density at radius 1 is 1.19 bits per heavy atom. The molecule has 2 aromatic rings. The zero-order valence-corrected chi connectivity index (χ0v) is 16.3. The zero-order chi connectivity index (χ0) is 17.4. The maximum absolute atomic E-state index is 13.6. The number of ether oxygens (including phenoxy) is 1. The highest BCUT2D eigenvalue weighted by Gasteiger charge is 2.44. The Morgan fingerprint density at radius 2 is 2.00 bits per heavy atom. The van der Waals surface area contributed by atoms with E-state index in [0.29, 0.717) is 17.9 Å². The summed E-state index contributed by atoms with van der Waals surface area (Å²) in [7, 11) is 1.77. The number of nitrogens with zero attached hydrogens (tertiary/aromatic N) is 1. The standard InChI is InChI=1S/C22H26FNO.ClH/c1-3-24-14-20-17-8-5-9-22(25-2)19(17)11-10-18(20)21(24)13-15-6-4-7-16(23)12-15;/h4-9,12,18,20-21H,3,10-11,13-14H2,1-2H3;1H. The van der Waals surface area contributed by atoms with Gasteiger partial charge in [0.1, 0.15) is 11.6 Å². The van der Waals surface area contributed by atoms with Gasteiger partial charge in [-0.25, -0.2) is 4.39 Å². The Balaban J connectivity index is 0.00000196. The summed E-state index contributed by atoms with van der Waals surface area (Å²) in [5.41, 5.74) is 3.98. The Hall–Kier alpha value is -1.58. The number of likely N-dealkylation sites (N-methyl/N-ethyl adjacent to an activating group) is 1. The van der Waals surface area contributed by atoms with Crippen LogP contribution in [0, 0.1) is 11.7 Å². The van der Waals surface area contributed by atoms with Crippen LogP contribution in [0.3, 0.4) is 0 Å². The summed E-state index contributed by atoms with van der Waals surface area (Å²) in [6.45, 7) is 4.38. The van der Waals surface area contributed by atoms with E-state index in [1.54, 1.807) is 13.2 Å². The first kappa shape index (κ1) is 19.2. The van der Waals surface area contributed by atoms with Gasteiger partial charge in [-0.3, -0.25) is 4.90 Å². The lowest BCUT2D eigenvalue weighted by Crippen LogP contribution is -2.35. The van der Waals surface area contributed by atoms with E-state index in [2.05, 4.69) is 36.1 Å². The van der Waals surface area contributed by atoms with Crippen LogP contribution < -0.4 is 4.74 Å². The molecule has 0 bridgehead atoms. The summed E-state index contributed by atoms with van der Waals surface area (Å²) >= 11 is 0. The molecule has 4 rings (SSSR count). The molecule has 1 aliphatic heterocycles. The van der Waals surface area contributed by atoms with Crippen molar-refractivity contribution in [3.8, 4) is 5.75 Å². The van der Waals surface area contributed by atoms with Crippen LogP contribution in [0.25, 0.3) is 0 Å². The normalized spacial score (nSPS) is 24.5. The lowest BCUT2D eigenvalue weighted by molar-refractivity contribution is 0.227.